The Kier molecular flexibility index (Phi) is 4.71. The molecule has 0 bridgehead atoms. The zero-order valence-electron chi connectivity index (χ0n) is 16.7. The molecule has 0 atom stereocenters. The monoisotopic (exact) mass is 452 g/mol. The summed E-state index contributed by atoms with van der Waals surface area (Å²) in [7, 11) is 0. The van der Waals surface area contributed by atoms with Crippen LogP contribution in [0.4, 0.5) is 11.6 Å². The summed E-state index contributed by atoms with van der Waals surface area (Å²) in [5, 5.41) is 26.0. The zero-order valence-corrected chi connectivity index (χ0v) is 18.3. The van der Waals surface area contributed by atoms with E-state index in [-0.39, 0.29) is 0 Å². The third-order valence-corrected chi connectivity index (χ3v) is 6.94. The lowest BCUT2D eigenvalue weighted by Crippen LogP contribution is -2.13. The molecule has 0 saturated heterocycles. The summed E-state index contributed by atoms with van der Waals surface area (Å²) in [6.45, 7) is 0. The number of anilines is 2. The molecule has 2 N–H and O–H groups in total. The average Bonchev–Trinajstić information content (AvgIpc) is 3.57. The average molecular weight is 453 g/mol. The predicted octanol–water partition coefficient (Wildman–Crippen LogP) is 6.47. The second-order valence-corrected chi connectivity index (χ2v) is 8.99. The van der Waals surface area contributed by atoms with Gasteiger partial charge in [-0.25, -0.2) is 0 Å². The molecular formula is C24H16N6S2. The second-order valence-electron chi connectivity index (χ2n) is 7.09. The van der Waals surface area contributed by atoms with E-state index >= 15 is 0 Å². The Hall–Kier alpha value is -3.88. The highest BCUT2D eigenvalue weighted by molar-refractivity contribution is 7.13. The van der Waals surface area contributed by atoms with Gasteiger partial charge in [0.1, 0.15) is 11.4 Å². The molecule has 0 amide bonds. The standard InChI is InChI=1S/C24H16N6S2/c1-3-9-17-15(7-1)21(19-11-5-13-31-19)25-27-23(17)29-30-24-18-10-4-2-8-16(18)22(26-28-24)20-12-6-14-32-20/h1-14H,(H,27,29)(H,28,30). The van der Waals surface area contributed by atoms with Crippen LogP contribution in [0.3, 0.4) is 0 Å². The molecule has 4 aromatic heterocycles. The maximum Gasteiger partial charge on any atom is 0.175 e. The van der Waals surface area contributed by atoms with Crippen molar-refractivity contribution in [2.45, 2.75) is 0 Å². The first kappa shape index (κ1) is 18.9. The van der Waals surface area contributed by atoms with E-state index in [0.717, 1.165) is 42.7 Å². The number of aromatic nitrogens is 4. The van der Waals surface area contributed by atoms with E-state index in [9.17, 15) is 0 Å². The number of hydrazine groups is 1. The van der Waals surface area contributed by atoms with Crippen molar-refractivity contribution < 1.29 is 0 Å². The highest BCUT2D eigenvalue weighted by Gasteiger charge is 2.14. The van der Waals surface area contributed by atoms with Gasteiger partial charge in [-0.05, 0) is 22.9 Å². The molecule has 0 aliphatic carbocycles. The van der Waals surface area contributed by atoms with Gasteiger partial charge in [0.15, 0.2) is 11.6 Å². The third-order valence-electron chi connectivity index (χ3n) is 5.18. The van der Waals surface area contributed by atoms with Gasteiger partial charge in [0.25, 0.3) is 0 Å². The predicted molar refractivity (Wildman–Crippen MR) is 133 cm³/mol. The van der Waals surface area contributed by atoms with Crippen LogP contribution < -0.4 is 10.9 Å². The van der Waals surface area contributed by atoms with Gasteiger partial charge >= 0.3 is 0 Å². The van der Waals surface area contributed by atoms with E-state index in [1.165, 1.54) is 0 Å². The highest BCUT2D eigenvalue weighted by Crippen LogP contribution is 2.34. The van der Waals surface area contributed by atoms with Gasteiger partial charge in [-0.2, -0.15) is 0 Å². The molecule has 8 heteroatoms. The van der Waals surface area contributed by atoms with Gasteiger partial charge < -0.3 is 0 Å². The number of thiophene rings is 2. The number of hydrogen-bond acceptors (Lipinski definition) is 8. The summed E-state index contributed by atoms with van der Waals surface area (Å²) in [6.07, 6.45) is 0. The van der Waals surface area contributed by atoms with Crippen LogP contribution in [0.1, 0.15) is 0 Å². The first-order chi connectivity index (χ1) is 15.9. The van der Waals surface area contributed by atoms with E-state index in [4.69, 9.17) is 0 Å². The Labute approximate surface area is 191 Å². The fourth-order valence-electron chi connectivity index (χ4n) is 3.70. The molecule has 2 aromatic carbocycles. The van der Waals surface area contributed by atoms with Crippen LogP contribution in [0.25, 0.3) is 42.7 Å². The lowest BCUT2D eigenvalue weighted by molar-refractivity contribution is 1.03. The number of nitrogens with one attached hydrogen (secondary N) is 2. The molecule has 0 radical (unpaired) electrons. The van der Waals surface area contributed by atoms with Crippen LogP contribution in [-0.4, -0.2) is 20.4 Å². The van der Waals surface area contributed by atoms with Crippen LogP contribution in [0, 0.1) is 0 Å². The van der Waals surface area contributed by atoms with E-state index in [2.05, 4.69) is 55.5 Å². The van der Waals surface area contributed by atoms with Crippen molar-refractivity contribution in [3.8, 4) is 21.1 Å². The second kappa shape index (κ2) is 7.99. The molecule has 6 rings (SSSR count). The lowest BCUT2D eigenvalue weighted by Gasteiger charge is -2.13. The van der Waals surface area contributed by atoms with Crippen molar-refractivity contribution in [1.82, 2.24) is 20.4 Å². The largest absolute Gasteiger partial charge is 0.281 e. The topological polar surface area (TPSA) is 75.6 Å². The molecule has 0 saturated carbocycles. The Bertz CT molecular complexity index is 1410. The normalized spacial score (nSPS) is 11.1. The van der Waals surface area contributed by atoms with Gasteiger partial charge in [-0.3, -0.25) is 10.9 Å². The molecule has 0 aliphatic rings. The van der Waals surface area contributed by atoms with Crippen molar-refractivity contribution >= 4 is 55.9 Å². The number of rotatable bonds is 5. The van der Waals surface area contributed by atoms with Gasteiger partial charge in [0, 0.05) is 21.5 Å². The molecule has 0 fully saturated rings. The molecule has 6 nitrogen and oxygen atoms in total. The van der Waals surface area contributed by atoms with Crippen LogP contribution in [-0.2, 0) is 0 Å². The summed E-state index contributed by atoms with van der Waals surface area (Å²) in [5.74, 6) is 1.27. The van der Waals surface area contributed by atoms with Crippen LogP contribution in [0.5, 0.6) is 0 Å². The first-order valence-corrected chi connectivity index (χ1v) is 11.7. The van der Waals surface area contributed by atoms with Gasteiger partial charge in [-0.1, -0.05) is 60.7 Å². The minimum atomic E-state index is 0.633. The molecule has 6 aromatic rings. The van der Waals surface area contributed by atoms with Gasteiger partial charge in [0.05, 0.1) is 9.75 Å². The molecule has 0 aliphatic heterocycles. The Morgan fingerprint density at radius 1 is 0.469 bits per heavy atom. The van der Waals surface area contributed by atoms with Crippen molar-refractivity contribution in [2.24, 2.45) is 0 Å². The molecular weight excluding hydrogens is 436 g/mol. The SMILES string of the molecule is c1csc(-c2nnc(NNc3nnc(-c4cccs4)c4ccccc34)c3ccccc23)c1. The summed E-state index contributed by atoms with van der Waals surface area (Å²) in [5.41, 5.74) is 8.17. The lowest BCUT2D eigenvalue weighted by atomic mass is 10.1. The first-order valence-electron chi connectivity index (χ1n) is 9.99. The van der Waals surface area contributed by atoms with E-state index in [1.807, 2.05) is 59.3 Å². The molecule has 0 spiro atoms. The molecule has 154 valence electrons. The van der Waals surface area contributed by atoms with Gasteiger partial charge in [-0.15, -0.1) is 43.1 Å². The summed E-state index contributed by atoms with van der Waals surface area (Å²) < 4.78 is 0. The molecule has 4 heterocycles. The Morgan fingerprint density at radius 3 is 1.31 bits per heavy atom. The quantitative estimate of drug-likeness (QED) is 0.292. The summed E-state index contributed by atoms with van der Waals surface area (Å²) >= 11 is 3.31. The number of hydrogen-bond donors (Lipinski definition) is 2. The van der Waals surface area contributed by atoms with Crippen molar-refractivity contribution in [3.63, 3.8) is 0 Å². The van der Waals surface area contributed by atoms with E-state index in [0.29, 0.717) is 11.6 Å². The maximum absolute atomic E-state index is 4.50. The maximum atomic E-state index is 4.50. The number of benzene rings is 2. The fraction of sp³-hybridized carbons (Fsp3) is 0. The minimum Gasteiger partial charge on any atom is -0.281 e. The fourth-order valence-corrected chi connectivity index (χ4v) is 5.15. The van der Waals surface area contributed by atoms with Gasteiger partial charge in [0.2, 0.25) is 0 Å². The minimum absolute atomic E-state index is 0.633. The molecule has 0 unspecified atom stereocenters. The Balaban J connectivity index is 1.38. The van der Waals surface area contributed by atoms with E-state index in [1.54, 1.807) is 22.7 Å². The van der Waals surface area contributed by atoms with Crippen LogP contribution in [0.15, 0.2) is 83.6 Å². The van der Waals surface area contributed by atoms with E-state index < -0.39 is 0 Å². The summed E-state index contributed by atoms with van der Waals surface area (Å²) in [4.78, 5) is 2.18. The number of nitrogens with zero attached hydrogens (tertiary/aromatic N) is 4. The smallest absolute Gasteiger partial charge is 0.175 e. The summed E-state index contributed by atoms with van der Waals surface area (Å²) in [6, 6.07) is 24.4. The number of fused-ring (bicyclic) bond motifs is 2. The molecule has 32 heavy (non-hydrogen) atoms. The zero-order chi connectivity index (χ0) is 21.3. The van der Waals surface area contributed by atoms with Crippen molar-refractivity contribution in [2.75, 3.05) is 10.9 Å². The van der Waals surface area contributed by atoms with Crippen LogP contribution in [0.2, 0.25) is 0 Å². The van der Waals surface area contributed by atoms with Crippen molar-refractivity contribution in [1.29, 1.82) is 0 Å². The van der Waals surface area contributed by atoms with Crippen molar-refractivity contribution in [3.05, 3.63) is 83.6 Å². The third kappa shape index (κ3) is 3.26. The van der Waals surface area contributed by atoms with Crippen LogP contribution >= 0.6 is 22.7 Å². The Morgan fingerprint density at radius 2 is 0.906 bits per heavy atom. The highest BCUT2D eigenvalue weighted by atomic mass is 32.1.